The lowest BCUT2D eigenvalue weighted by Gasteiger charge is -2.19. The summed E-state index contributed by atoms with van der Waals surface area (Å²) in [5.41, 5.74) is 1.16. The SMILES string of the molecule is COc1ccc(C(Br)C2CCOC2)c(OC)c1. The second kappa shape index (κ2) is 5.74. The minimum atomic E-state index is 0.269. The van der Waals surface area contributed by atoms with E-state index in [1.165, 1.54) is 0 Å². The Morgan fingerprint density at radius 3 is 2.76 bits per heavy atom. The standard InChI is InChI=1S/C13H17BrO3/c1-15-10-3-4-11(12(7-10)16-2)13(14)9-5-6-17-8-9/h3-4,7,9,13H,5-6,8H2,1-2H3. The highest BCUT2D eigenvalue weighted by Gasteiger charge is 2.27. The number of methoxy groups -OCH3 is 2. The second-order valence-electron chi connectivity index (χ2n) is 4.13. The molecule has 0 N–H and O–H groups in total. The zero-order chi connectivity index (χ0) is 12.3. The highest BCUT2D eigenvalue weighted by Crippen LogP contribution is 2.41. The van der Waals surface area contributed by atoms with E-state index in [1.807, 2.05) is 12.1 Å². The van der Waals surface area contributed by atoms with Gasteiger partial charge in [0.05, 0.1) is 20.8 Å². The van der Waals surface area contributed by atoms with Crippen molar-refractivity contribution in [1.29, 1.82) is 0 Å². The van der Waals surface area contributed by atoms with Crippen LogP contribution in [0.4, 0.5) is 0 Å². The molecular formula is C13H17BrO3. The van der Waals surface area contributed by atoms with E-state index < -0.39 is 0 Å². The molecule has 2 unspecified atom stereocenters. The molecule has 1 aliphatic rings. The number of alkyl halides is 1. The Morgan fingerprint density at radius 2 is 2.18 bits per heavy atom. The summed E-state index contributed by atoms with van der Waals surface area (Å²) in [5, 5.41) is 0. The zero-order valence-corrected chi connectivity index (χ0v) is 11.7. The van der Waals surface area contributed by atoms with Crippen LogP contribution in [0.15, 0.2) is 18.2 Å². The number of halogens is 1. The maximum atomic E-state index is 5.42. The number of rotatable bonds is 4. The highest BCUT2D eigenvalue weighted by molar-refractivity contribution is 9.09. The molecule has 1 heterocycles. The topological polar surface area (TPSA) is 27.7 Å². The molecular weight excluding hydrogens is 284 g/mol. The van der Waals surface area contributed by atoms with E-state index in [0.717, 1.165) is 36.7 Å². The predicted molar refractivity (Wildman–Crippen MR) is 70.1 cm³/mol. The van der Waals surface area contributed by atoms with Crippen molar-refractivity contribution >= 4 is 15.9 Å². The van der Waals surface area contributed by atoms with Crippen LogP contribution in [-0.4, -0.2) is 27.4 Å². The van der Waals surface area contributed by atoms with Crippen LogP contribution < -0.4 is 9.47 Å². The van der Waals surface area contributed by atoms with Crippen molar-refractivity contribution in [1.82, 2.24) is 0 Å². The van der Waals surface area contributed by atoms with Crippen LogP contribution in [0.2, 0.25) is 0 Å². The Morgan fingerprint density at radius 1 is 1.35 bits per heavy atom. The first kappa shape index (κ1) is 12.7. The Hall–Kier alpha value is -0.740. The molecule has 1 aromatic rings. The minimum Gasteiger partial charge on any atom is -0.497 e. The van der Waals surface area contributed by atoms with Crippen molar-refractivity contribution in [2.45, 2.75) is 11.2 Å². The van der Waals surface area contributed by atoms with Gasteiger partial charge in [-0.25, -0.2) is 0 Å². The van der Waals surface area contributed by atoms with E-state index in [9.17, 15) is 0 Å². The Balaban J connectivity index is 2.23. The first-order valence-corrected chi connectivity index (χ1v) is 6.61. The van der Waals surface area contributed by atoms with Gasteiger partial charge in [0.2, 0.25) is 0 Å². The Kier molecular flexibility index (Phi) is 4.29. The molecule has 0 spiro atoms. The van der Waals surface area contributed by atoms with Gasteiger partial charge in [0.1, 0.15) is 11.5 Å². The normalized spacial score (nSPS) is 21.2. The van der Waals surface area contributed by atoms with Gasteiger partial charge in [-0.05, 0) is 12.5 Å². The third kappa shape index (κ3) is 2.75. The summed E-state index contributed by atoms with van der Waals surface area (Å²) in [6.07, 6.45) is 1.09. The summed E-state index contributed by atoms with van der Waals surface area (Å²) in [5.74, 6) is 2.18. The lowest BCUT2D eigenvalue weighted by Crippen LogP contribution is -2.08. The fourth-order valence-electron chi connectivity index (χ4n) is 2.08. The average Bonchev–Trinajstić information content (AvgIpc) is 2.91. The predicted octanol–water partition coefficient (Wildman–Crippen LogP) is 3.18. The van der Waals surface area contributed by atoms with Crippen molar-refractivity contribution in [3.63, 3.8) is 0 Å². The maximum absolute atomic E-state index is 5.42. The van der Waals surface area contributed by atoms with E-state index in [-0.39, 0.29) is 4.83 Å². The minimum absolute atomic E-state index is 0.269. The molecule has 2 rings (SSSR count). The van der Waals surface area contributed by atoms with Gasteiger partial charge in [-0.3, -0.25) is 0 Å². The molecule has 1 saturated heterocycles. The first-order chi connectivity index (χ1) is 8.26. The maximum Gasteiger partial charge on any atom is 0.126 e. The van der Waals surface area contributed by atoms with Crippen LogP contribution in [0.3, 0.4) is 0 Å². The van der Waals surface area contributed by atoms with Crippen molar-refractivity contribution in [3.8, 4) is 11.5 Å². The van der Waals surface area contributed by atoms with Crippen LogP contribution in [0.1, 0.15) is 16.8 Å². The molecule has 17 heavy (non-hydrogen) atoms. The van der Waals surface area contributed by atoms with E-state index in [0.29, 0.717) is 5.92 Å². The van der Waals surface area contributed by atoms with Crippen molar-refractivity contribution < 1.29 is 14.2 Å². The van der Waals surface area contributed by atoms with E-state index in [2.05, 4.69) is 22.0 Å². The molecule has 0 aliphatic carbocycles. The summed E-state index contributed by atoms with van der Waals surface area (Å²) in [6.45, 7) is 1.66. The summed E-state index contributed by atoms with van der Waals surface area (Å²) < 4.78 is 16.0. The third-order valence-corrected chi connectivity index (χ3v) is 4.36. The molecule has 0 amide bonds. The van der Waals surface area contributed by atoms with Crippen molar-refractivity contribution in [3.05, 3.63) is 23.8 Å². The summed E-state index contributed by atoms with van der Waals surface area (Å²) in [7, 11) is 3.34. The van der Waals surface area contributed by atoms with Crippen molar-refractivity contribution in [2.24, 2.45) is 5.92 Å². The lowest BCUT2D eigenvalue weighted by molar-refractivity contribution is 0.185. The van der Waals surface area contributed by atoms with Gasteiger partial charge >= 0.3 is 0 Å². The fourth-order valence-corrected chi connectivity index (χ4v) is 2.88. The molecule has 1 aromatic carbocycles. The molecule has 94 valence electrons. The molecule has 0 radical (unpaired) electrons. The molecule has 1 fully saturated rings. The number of hydrogen-bond acceptors (Lipinski definition) is 3. The van der Waals surface area contributed by atoms with Gasteiger partial charge in [-0.1, -0.05) is 22.0 Å². The summed E-state index contributed by atoms with van der Waals surface area (Å²) in [6, 6.07) is 5.93. The Bertz CT molecular complexity index is 375. The average molecular weight is 301 g/mol. The van der Waals surface area contributed by atoms with Gasteiger partial charge < -0.3 is 14.2 Å². The van der Waals surface area contributed by atoms with Crippen LogP contribution in [-0.2, 0) is 4.74 Å². The highest BCUT2D eigenvalue weighted by atomic mass is 79.9. The largest absolute Gasteiger partial charge is 0.497 e. The first-order valence-electron chi connectivity index (χ1n) is 5.70. The van der Waals surface area contributed by atoms with Crippen LogP contribution in [0, 0.1) is 5.92 Å². The zero-order valence-electron chi connectivity index (χ0n) is 10.1. The summed E-state index contributed by atoms with van der Waals surface area (Å²) >= 11 is 3.75. The van der Waals surface area contributed by atoms with E-state index >= 15 is 0 Å². The van der Waals surface area contributed by atoms with Crippen LogP contribution >= 0.6 is 15.9 Å². The molecule has 2 atom stereocenters. The monoisotopic (exact) mass is 300 g/mol. The quantitative estimate of drug-likeness (QED) is 0.800. The fraction of sp³-hybridized carbons (Fsp3) is 0.538. The second-order valence-corrected chi connectivity index (χ2v) is 5.12. The molecule has 0 bridgehead atoms. The molecule has 0 saturated carbocycles. The number of benzene rings is 1. The van der Waals surface area contributed by atoms with Gasteiger partial charge in [0, 0.05) is 29.0 Å². The third-order valence-electron chi connectivity index (χ3n) is 3.12. The van der Waals surface area contributed by atoms with Gasteiger partial charge in [-0.2, -0.15) is 0 Å². The van der Waals surface area contributed by atoms with E-state index in [4.69, 9.17) is 14.2 Å². The molecule has 4 heteroatoms. The van der Waals surface area contributed by atoms with Crippen molar-refractivity contribution in [2.75, 3.05) is 27.4 Å². The van der Waals surface area contributed by atoms with Gasteiger partial charge in [-0.15, -0.1) is 0 Å². The summed E-state index contributed by atoms with van der Waals surface area (Å²) in [4.78, 5) is 0.269. The molecule has 3 nitrogen and oxygen atoms in total. The van der Waals surface area contributed by atoms with Crippen LogP contribution in [0.25, 0.3) is 0 Å². The van der Waals surface area contributed by atoms with Gasteiger partial charge in [0.25, 0.3) is 0 Å². The van der Waals surface area contributed by atoms with Crippen LogP contribution in [0.5, 0.6) is 11.5 Å². The number of hydrogen-bond donors (Lipinski definition) is 0. The smallest absolute Gasteiger partial charge is 0.126 e. The van der Waals surface area contributed by atoms with E-state index in [1.54, 1.807) is 14.2 Å². The van der Waals surface area contributed by atoms with Gasteiger partial charge in [0.15, 0.2) is 0 Å². The molecule has 1 aliphatic heterocycles. The lowest BCUT2D eigenvalue weighted by atomic mass is 9.98. The molecule has 0 aromatic heterocycles. The Labute approximate surface area is 110 Å². The number of ether oxygens (including phenoxy) is 3.